The minimum atomic E-state index is -0.547. The van der Waals surface area contributed by atoms with E-state index in [0.717, 1.165) is 49.0 Å². The van der Waals surface area contributed by atoms with Gasteiger partial charge in [0, 0.05) is 24.4 Å². The summed E-state index contributed by atoms with van der Waals surface area (Å²) in [7, 11) is 0. The molecule has 1 unspecified atom stereocenters. The van der Waals surface area contributed by atoms with Crippen molar-refractivity contribution in [3.05, 3.63) is 72.1 Å². The molecular weight excluding hydrogens is 516 g/mol. The summed E-state index contributed by atoms with van der Waals surface area (Å²) in [6, 6.07) is 14.6. The molecule has 7 heteroatoms. The molecule has 0 amide bonds. The number of carbonyl (C=O) groups is 2. The Kier molecular flexibility index (Phi) is 13.8. The largest absolute Gasteiger partial charge is 0.494 e. The van der Waals surface area contributed by atoms with Crippen LogP contribution in [0.1, 0.15) is 113 Å². The molecule has 1 aromatic heterocycles. The quantitative estimate of drug-likeness (QED) is 0.0873. The van der Waals surface area contributed by atoms with Gasteiger partial charge in [0.15, 0.2) is 5.82 Å². The average Bonchev–Trinajstić information content (AvgIpc) is 2.99. The summed E-state index contributed by atoms with van der Waals surface area (Å²) in [5, 5.41) is 0. The third-order valence-corrected chi connectivity index (χ3v) is 6.87. The predicted octanol–water partition coefficient (Wildman–Crippen LogP) is 8.68. The molecule has 7 nitrogen and oxygen atoms in total. The van der Waals surface area contributed by atoms with Crippen LogP contribution in [0.25, 0.3) is 11.4 Å². The Labute approximate surface area is 244 Å². The molecule has 0 fully saturated rings. The number of rotatable bonds is 18. The summed E-state index contributed by atoms with van der Waals surface area (Å²) < 4.78 is 16.9. The molecule has 41 heavy (non-hydrogen) atoms. The van der Waals surface area contributed by atoms with Crippen LogP contribution in [0.2, 0.25) is 0 Å². The smallest absolute Gasteiger partial charge is 0.346 e. The first-order chi connectivity index (χ1) is 20.0. The van der Waals surface area contributed by atoms with Gasteiger partial charge in [0.2, 0.25) is 0 Å². The van der Waals surface area contributed by atoms with E-state index in [4.69, 9.17) is 14.2 Å². The zero-order valence-electron chi connectivity index (χ0n) is 24.8. The van der Waals surface area contributed by atoms with Crippen LogP contribution >= 0.6 is 0 Å². The minimum absolute atomic E-state index is 0.194. The Morgan fingerprint density at radius 2 is 1.32 bits per heavy atom. The molecule has 0 aliphatic carbocycles. The molecule has 0 saturated heterocycles. The molecule has 0 aliphatic heterocycles. The second-order valence-corrected chi connectivity index (χ2v) is 10.3. The molecule has 0 spiro atoms. The van der Waals surface area contributed by atoms with Gasteiger partial charge in [-0.05, 0) is 61.7 Å². The molecule has 0 aliphatic rings. The fourth-order valence-corrected chi connectivity index (χ4v) is 4.35. The fraction of sp³-hybridized carbons (Fsp3) is 0.471. The van der Waals surface area contributed by atoms with E-state index in [1.54, 1.807) is 24.3 Å². The van der Waals surface area contributed by atoms with E-state index < -0.39 is 5.97 Å². The number of benzene rings is 2. The zero-order chi connectivity index (χ0) is 29.3. The van der Waals surface area contributed by atoms with Gasteiger partial charge in [-0.2, -0.15) is 0 Å². The lowest BCUT2D eigenvalue weighted by Crippen LogP contribution is -2.10. The highest BCUT2D eigenvalue weighted by atomic mass is 16.5. The SMILES string of the molecule is CCCCCCCCOc1ccc(-c2ncc(C(=O)Oc3ccc(C(C)OC(=O)CCCCCC)cc3)cn2)cc1. The van der Waals surface area contributed by atoms with Crippen molar-refractivity contribution in [1.29, 1.82) is 0 Å². The van der Waals surface area contributed by atoms with Crippen LogP contribution in [0.15, 0.2) is 60.9 Å². The van der Waals surface area contributed by atoms with Crippen molar-refractivity contribution in [2.24, 2.45) is 0 Å². The van der Waals surface area contributed by atoms with Crippen molar-refractivity contribution in [3.8, 4) is 22.9 Å². The molecule has 3 rings (SSSR count). The third kappa shape index (κ3) is 11.3. The number of esters is 2. The van der Waals surface area contributed by atoms with E-state index in [2.05, 4.69) is 23.8 Å². The van der Waals surface area contributed by atoms with Gasteiger partial charge in [0.05, 0.1) is 12.2 Å². The van der Waals surface area contributed by atoms with Crippen molar-refractivity contribution < 1.29 is 23.8 Å². The summed E-state index contributed by atoms with van der Waals surface area (Å²) in [5.74, 6) is 0.984. The van der Waals surface area contributed by atoms with Crippen LogP contribution in [0, 0.1) is 0 Å². The number of ether oxygens (including phenoxy) is 3. The van der Waals surface area contributed by atoms with Gasteiger partial charge in [-0.15, -0.1) is 0 Å². The van der Waals surface area contributed by atoms with Crippen molar-refractivity contribution in [2.75, 3.05) is 6.61 Å². The third-order valence-electron chi connectivity index (χ3n) is 6.87. The molecule has 0 saturated carbocycles. The fourth-order valence-electron chi connectivity index (χ4n) is 4.35. The van der Waals surface area contributed by atoms with Gasteiger partial charge in [-0.1, -0.05) is 77.3 Å². The summed E-state index contributed by atoms with van der Waals surface area (Å²) in [6.45, 7) is 6.91. The van der Waals surface area contributed by atoms with Crippen molar-refractivity contribution in [3.63, 3.8) is 0 Å². The Bertz CT molecular complexity index is 1180. The van der Waals surface area contributed by atoms with E-state index in [-0.39, 0.29) is 17.6 Å². The zero-order valence-corrected chi connectivity index (χ0v) is 24.8. The standard InChI is InChI=1S/C34H44N2O5/c1-4-6-8-10-11-13-23-39-30-19-17-28(18-20-30)33-35-24-29(25-36-33)34(38)41-31-21-15-27(16-22-31)26(3)40-32(37)14-12-9-7-5-2/h15-22,24-26H,4-14,23H2,1-3H3. The number of unbranched alkanes of at least 4 members (excludes halogenated alkanes) is 8. The molecule has 0 radical (unpaired) electrons. The lowest BCUT2D eigenvalue weighted by Gasteiger charge is -2.14. The van der Waals surface area contributed by atoms with Crippen LogP contribution in [-0.2, 0) is 9.53 Å². The van der Waals surface area contributed by atoms with E-state index in [1.807, 2.05) is 31.2 Å². The van der Waals surface area contributed by atoms with Crippen LogP contribution in [0.3, 0.4) is 0 Å². The molecule has 1 heterocycles. The molecule has 220 valence electrons. The van der Waals surface area contributed by atoms with Gasteiger partial charge in [0.25, 0.3) is 0 Å². The normalized spacial score (nSPS) is 11.6. The summed E-state index contributed by atoms with van der Waals surface area (Å²) in [4.78, 5) is 33.4. The number of hydrogen-bond acceptors (Lipinski definition) is 7. The number of nitrogens with zero attached hydrogens (tertiary/aromatic N) is 2. The average molecular weight is 561 g/mol. The monoisotopic (exact) mass is 560 g/mol. The molecule has 2 aromatic carbocycles. The van der Waals surface area contributed by atoms with Crippen molar-refractivity contribution >= 4 is 11.9 Å². The number of hydrogen-bond donors (Lipinski definition) is 0. The molecule has 0 bridgehead atoms. The first-order valence-electron chi connectivity index (χ1n) is 15.1. The highest BCUT2D eigenvalue weighted by Gasteiger charge is 2.14. The summed E-state index contributed by atoms with van der Waals surface area (Å²) in [6.07, 6.45) is 14.5. The minimum Gasteiger partial charge on any atom is -0.494 e. The van der Waals surface area contributed by atoms with Crippen molar-refractivity contribution in [2.45, 2.75) is 97.5 Å². The number of carbonyl (C=O) groups excluding carboxylic acids is 2. The lowest BCUT2D eigenvalue weighted by molar-refractivity contribution is -0.148. The molecule has 1 atom stereocenters. The van der Waals surface area contributed by atoms with Crippen molar-refractivity contribution in [1.82, 2.24) is 9.97 Å². The molecule has 3 aromatic rings. The number of aromatic nitrogens is 2. The maximum absolute atomic E-state index is 12.6. The van der Waals surface area contributed by atoms with E-state index in [1.165, 1.54) is 44.5 Å². The molecule has 0 N–H and O–H groups in total. The first-order valence-corrected chi connectivity index (χ1v) is 15.1. The predicted molar refractivity (Wildman–Crippen MR) is 161 cm³/mol. The van der Waals surface area contributed by atoms with Crippen LogP contribution < -0.4 is 9.47 Å². The summed E-state index contributed by atoms with van der Waals surface area (Å²) in [5.41, 5.74) is 1.92. The summed E-state index contributed by atoms with van der Waals surface area (Å²) >= 11 is 0. The van der Waals surface area contributed by atoms with E-state index in [9.17, 15) is 9.59 Å². The van der Waals surface area contributed by atoms with Crippen LogP contribution in [0.4, 0.5) is 0 Å². The second-order valence-electron chi connectivity index (χ2n) is 10.3. The van der Waals surface area contributed by atoms with Gasteiger partial charge >= 0.3 is 11.9 Å². The Morgan fingerprint density at radius 1 is 0.732 bits per heavy atom. The van der Waals surface area contributed by atoms with E-state index in [0.29, 0.717) is 24.6 Å². The van der Waals surface area contributed by atoms with E-state index >= 15 is 0 Å². The van der Waals surface area contributed by atoms with Gasteiger partial charge in [-0.3, -0.25) is 4.79 Å². The van der Waals surface area contributed by atoms with Gasteiger partial charge in [0.1, 0.15) is 17.6 Å². The maximum Gasteiger partial charge on any atom is 0.346 e. The molecular formula is C34H44N2O5. The second kappa shape index (κ2) is 17.8. The highest BCUT2D eigenvalue weighted by molar-refractivity contribution is 5.90. The van der Waals surface area contributed by atoms with Crippen LogP contribution in [-0.4, -0.2) is 28.5 Å². The Hall–Kier alpha value is -3.74. The Morgan fingerprint density at radius 3 is 1.98 bits per heavy atom. The lowest BCUT2D eigenvalue weighted by atomic mass is 10.1. The van der Waals surface area contributed by atoms with Gasteiger partial charge in [-0.25, -0.2) is 14.8 Å². The first kappa shape index (κ1) is 31.8. The highest BCUT2D eigenvalue weighted by Crippen LogP contribution is 2.23. The van der Waals surface area contributed by atoms with Crippen LogP contribution in [0.5, 0.6) is 11.5 Å². The topological polar surface area (TPSA) is 87.6 Å². The maximum atomic E-state index is 12.6. The van der Waals surface area contributed by atoms with Gasteiger partial charge < -0.3 is 14.2 Å². The Balaban J connectivity index is 1.44.